The second kappa shape index (κ2) is 5.44. The van der Waals surface area contributed by atoms with Gasteiger partial charge in [0.1, 0.15) is 5.01 Å². The zero-order valence-electron chi connectivity index (χ0n) is 11.2. The van der Waals surface area contributed by atoms with E-state index in [4.69, 9.17) is 11.6 Å². The Balaban J connectivity index is 1.59. The number of hydrogen-bond donors (Lipinski definition) is 1. The topological polar surface area (TPSA) is 24.9 Å². The number of hydrogen-bond acceptors (Lipinski definition) is 4. The summed E-state index contributed by atoms with van der Waals surface area (Å²) in [5.41, 5.74) is 3.67. The van der Waals surface area contributed by atoms with E-state index in [9.17, 15) is 0 Å². The lowest BCUT2D eigenvalue weighted by Crippen LogP contribution is -2.06. The molecule has 0 saturated heterocycles. The number of benzene rings is 1. The van der Waals surface area contributed by atoms with Crippen molar-refractivity contribution in [2.24, 2.45) is 0 Å². The number of nitrogens with one attached hydrogen (secondary N) is 1. The number of fused-ring (bicyclic) bond motifs is 1. The first-order valence-corrected chi connectivity index (χ1v) is 8.91. The van der Waals surface area contributed by atoms with Gasteiger partial charge < -0.3 is 5.32 Å². The molecule has 2 aromatic heterocycles. The van der Waals surface area contributed by atoms with Crippen molar-refractivity contribution in [2.45, 2.75) is 18.9 Å². The van der Waals surface area contributed by atoms with Gasteiger partial charge in [0.2, 0.25) is 0 Å². The molecular formula is C16H13ClN2S2. The molecule has 4 rings (SSSR count). The van der Waals surface area contributed by atoms with Gasteiger partial charge in [-0.2, -0.15) is 0 Å². The van der Waals surface area contributed by atoms with Crippen LogP contribution in [-0.2, 0) is 6.42 Å². The molecule has 1 atom stereocenters. The van der Waals surface area contributed by atoms with Crippen LogP contribution < -0.4 is 5.32 Å². The first kappa shape index (κ1) is 13.3. The molecule has 21 heavy (non-hydrogen) atoms. The van der Waals surface area contributed by atoms with E-state index in [0.29, 0.717) is 6.04 Å². The molecule has 0 amide bonds. The van der Waals surface area contributed by atoms with E-state index in [1.165, 1.54) is 10.4 Å². The summed E-state index contributed by atoms with van der Waals surface area (Å²) < 4.78 is 0.892. The molecule has 0 aliphatic heterocycles. The summed E-state index contributed by atoms with van der Waals surface area (Å²) >= 11 is 9.50. The van der Waals surface area contributed by atoms with Crippen LogP contribution in [0.2, 0.25) is 4.34 Å². The largest absolute Gasteiger partial charge is 0.378 e. The minimum absolute atomic E-state index is 0.371. The van der Waals surface area contributed by atoms with E-state index in [0.717, 1.165) is 33.4 Å². The number of rotatable bonds is 3. The maximum absolute atomic E-state index is 6.12. The molecule has 5 heteroatoms. The van der Waals surface area contributed by atoms with Crippen LogP contribution >= 0.6 is 34.3 Å². The molecule has 1 aliphatic rings. The number of halogens is 1. The fourth-order valence-electron chi connectivity index (χ4n) is 2.79. The molecule has 1 unspecified atom stereocenters. The number of thiophene rings is 1. The quantitative estimate of drug-likeness (QED) is 0.672. The molecule has 1 aromatic carbocycles. The lowest BCUT2D eigenvalue weighted by Gasteiger charge is -2.15. The maximum atomic E-state index is 6.12. The molecule has 106 valence electrons. The number of anilines is 1. The highest BCUT2D eigenvalue weighted by Gasteiger charge is 2.24. The summed E-state index contributed by atoms with van der Waals surface area (Å²) in [7, 11) is 0. The van der Waals surface area contributed by atoms with E-state index in [1.54, 1.807) is 22.7 Å². The van der Waals surface area contributed by atoms with Gasteiger partial charge in [0.15, 0.2) is 0 Å². The van der Waals surface area contributed by atoms with Gasteiger partial charge in [-0.15, -0.1) is 22.7 Å². The molecule has 0 bridgehead atoms. The normalized spacial score (nSPS) is 16.9. The van der Waals surface area contributed by atoms with Crippen LogP contribution in [0, 0.1) is 0 Å². The van der Waals surface area contributed by atoms with Crippen LogP contribution in [0.5, 0.6) is 0 Å². The van der Waals surface area contributed by atoms with Crippen molar-refractivity contribution in [2.75, 3.05) is 5.32 Å². The van der Waals surface area contributed by atoms with Gasteiger partial charge >= 0.3 is 0 Å². The van der Waals surface area contributed by atoms with Gasteiger partial charge in [0.05, 0.1) is 10.4 Å². The van der Waals surface area contributed by atoms with Gasteiger partial charge in [-0.05, 0) is 36.6 Å². The van der Waals surface area contributed by atoms with Crippen LogP contribution in [0.3, 0.4) is 0 Å². The van der Waals surface area contributed by atoms with E-state index in [2.05, 4.69) is 40.6 Å². The summed E-state index contributed by atoms with van der Waals surface area (Å²) in [5.74, 6) is 0. The van der Waals surface area contributed by atoms with E-state index >= 15 is 0 Å². The molecule has 0 fully saturated rings. The molecule has 2 nitrogen and oxygen atoms in total. The summed E-state index contributed by atoms with van der Waals surface area (Å²) in [6.07, 6.45) is 4.10. The summed E-state index contributed by atoms with van der Waals surface area (Å²) in [4.78, 5) is 5.80. The maximum Gasteiger partial charge on any atom is 0.123 e. The Hall–Kier alpha value is -1.36. The third kappa shape index (κ3) is 2.59. The molecule has 1 N–H and O–H groups in total. The zero-order valence-corrected chi connectivity index (χ0v) is 13.6. The second-order valence-corrected chi connectivity index (χ2v) is 7.75. The molecule has 0 radical (unpaired) electrons. The summed E-state index contributed by atoms with van der Waals surface area (Å²) in [5, 5.41) is 6.70. The molecule has 3 aromatic rings. The Morgan fingerprint density at radius 1 is 1.29 bits per heavy atom. The first-order valence-electron chi connectivity index (χ1n) is 6.84. The highest BCUT2D eigenvalue weighted by Crippen LogP contribution is 2.41. The SMILES string of the molecule is Clc1cc2c(s1)CCC2Nc1cccc(-c2nccs2)c1. The van der Waals surface area contributed by atoms with Crippen molar-refractivity contribution in [1.29, 1.82) is 0 Å². The molecular weight excluding hydrogens is 320 g/mol. The van der Waals surface area contributed by atoms with Crippen LogP contribution in [0.25, 0.3) is 10.6 Å². The third-order valence-electron chi connectivity index (χ3n) is 3.73. The smallest absolute Gasteiger partial charge is 0.123 e. The predicted molar refractivity (Wildman–Crippen MR) is 91.6 cm³/mol. The number of thiazole rings is 1. The van der Waals surface area contributed by atoms with Crippen molar-refractivity contribution in [1.82, 2.24) is 4.98 Å². The Morgan fingerprint density at radius 2 is 2.24 bits per heavy atom. The van der Waals surface area contributed by atoms with Crippen molar-refractivity contribution in [3.63, 3.8) is 0 Å². The van der Waals surface area contributed by atoms with E-state index < -0.39 is 0 Å². The predicted octanol–water partition coefficient (Wildman–Crippen LogP) is 5.62. The Bertz CT molecular complexity index is 764. The van der Waals surface area contributed by atoms with Crippen LogP contribution in [0.1, 0.15) is 22.9 Å². The highest BCUT2D eigenvalue weighted by molar-refractivity contribution is 7.16. The van der Waals surface area contributed by atoms with Gasteiger partial charge in [0, 0.05) is 27.7 Å². The number of nitrogens with zero attached hydrogens (tertiary/aromatic N) is 1. The van der Waals surface area contributed by atoms with Gasteiger partial charge in [-0.1, -0.05) is 23.7 Å². The third-order valence-corrected chi connectivity index (χ3v) is 5.89. The summed E-state index contributed by atoms with van der Waals surface area (Å²) in [6.45, 7) is 0. The van der Waals surface area contributed by atoms with Crippen LogP contribution in [-0.4, -0.2) is 4.98 Å². The Kier molecular flexibility index (Phi) is 3.45. The van der Waals surface area contributed by atoms with E-state index in [-0.39, 0.29) is 0 Å². The number of aryl methyl sites for hydroxylation is 1. The Morgan fingerprint density at radius 3 is 3.10 bits per heavy atom. The van der Waals surface area contributed by atoms with E-state index in [1.807, 2.05) is 11.6 Å². The van der Waals surface area contributed by atoms with Crippen LogP contribution in [0.15, 0.2) is 41.9 Å². The molecule has 0 saturated carbocycles. The second-order valence-electron chi connectivity index (χ2n) is 5.08. The van der Waals surface area contributed by atoms with Crippen LogP contribution in [0.4, 0.5) is 5.69 Å². The average molecular weight is 333 g/mol. The van der Waals surface area contributed by atoms with Gasteiger partial charge in [-0.3, -0.25) is 0 Å². The average Bonchev–Trinajstić information content (AvgIpc) is 3.18. The Labute approximate surface area is 136 Å². The number of aromatic nitrogens is 1. The van der Waals surface area contributed by atoms with Crippen molar-refractivity contribution >= 4 is 40.0 Å². The van der Waals surface area contributed by atoms with Crippen molar-refractivity contribution < 1.29 is 0 Å². The fourth-order valence-corrected chi connectivity index (χ4v) is 4.78. The molecule has 0 spiro atoms. The lowest BCUT2D eigenvalue weighted by atomic mass is 10.1. The standard InChI is InChI=1S/C16H13ClN2S2/c17-15-9-12-13(4-5-14(12)21-15)19-11-3-1-2-10(8-11)16-18-6-7-20-16/h1-3,6-9,13,19H,4-5H2. The first-order chi connectivity index (χ1) is 10.3. The van der Waals surface area contributed by atoms with Crippen molar-refractivity contribution in [3.05, 3.63) is 56.7 Å². The fraction of sp³-hybridized carbons (Fsp3) is 0.188. The minimum Gasteiger partial charge on any atom is -0.378 e. The summed E-state index contributed by atoms with van der Waals surface area (Å²) in [6, 6.07) is 10.9. The zero-order chi connectivity index (χ0) is 14.2. The van der Waals surface area contributed by atoms with Gasteiger partial charge in [-0.25, -0.2) is 4.98 Å². The molecule has 1 aliphatic carbocycles. The van der Waals surface area contributed by atoms with Crippen molar-refractivity contribution in [3.8, 4) is 10.6 Å². The molecule has 2 heterocycles. The van der Waals surface area contributed by atoms with Gasteiger partial charge in [0.25, 0.3) is 0 Å². The highest BCUT2D eigenvalue weighted by atomic mass is 35.5. The monoisotopic (exact) mass is 332 g/mol. The lowest BCUT2D eigenvalue weighted by molar-refractivity contribution is 0.762. The minimum atomic E-state index is 0.371.